The van der Waals surface area contributed by atoms with Crippen molar-refractivity contribution in [2.75, 3.05) is 25.5 Å². The Hall–Kier alpha value is -2.85. The van der Waals surface area contributed by atoms with Crippen LogP contribution in [-0.2, 0) is 0 Å². The maximum absolute atomic E-state index is 13.0. The minimum atomic E-state index is -4.77. The smallest absolute Gasteiger partial charge is 0.406 e. The highest BCUT2D eigenvalue weighted by molar-refractivity contribution is 7.12. The molecule has 166 valence electrons. The molecule has 1 amide bonds. The second-order valence-corrected chi connectivity index (χ2v) is 8.07. The van der Waals surface area contributed by atoms with Crippen molar-refractivity contribution in [2.45, 2.75) is 25.2 Å². The Morgan fingerprint density at radius 1 is 1.29 bits per heavy atom. The predicted molar refractivity (Wildman–Crippen MR) is 115 cm³/mol. The second-order valence-electron chi connectivity index (χ2n) is 7.13. The molecule has 6 nitrogen and oxygen atoms in total. The van der Waals surface area contributed by atoms with E-state index >= 15 is 0 Å². The fourth-order valence-electron chi connectivity index (χ4n) is 3.32. The third kappa shape index (κ3) is 6.56. The zero-order valence-corrected chi connectivity index (χ0v) is 17.7. The summed E-state index contributed by atoms with van der Waals surface area (Å²) in [5.74, 6) is -0.551. The number of halogens is 3. The molecule has 0 atom stereocenters. The summed E-state index contributed by atoms with van der Waals surface area (Å²) in [4.78, 5) is 17.3. The molecule has 1 aliphatic heterocycles. The number of piperidine rings is 1. The Morgan fingerprint density at radius 3 is 2.68 bits per heavy atom. The van der Waals surface area contributed by atoms with Gasteiger partial charge in [-0.1, -0.05) is 12.1 Å². The molecule has 1 saturated heterocycles. The zero-order chi connectivity index (χ0) is 22.4. The lowest BCUT2D eigenvalue weighted by atomic mass is 10.0. The van der Waals surface area contributed by atoms with E-state index in [1.54, 1.807) is 18.2 Å². The van der Waals surface area contributed by atoms with Crippen molar-refractivity contribution < 1.29 is 22.7 Å². The van der Waals surface area contributed by atoms with Gasteiger partial charge in [0.25, 0.3) is 5.91 Å². The summed E-state index contributed by atoms with van der Waals surface area (Å²) in [6.07, 6.45) is -0.394. The number of benzene rings is 1. The van der Waals surface area contributed by atoms with Gasteiger partial charge < -0.3 is 15.0 Å². The van der Waals surface area contributed by atoms with Crippen LogP contribution in [0.2, 0.25) is 0 Å². The number of thiophene rings is 1. The fourth-order valence-corrected chi connectivity index (χ4v) is 3.98. The van der Waals surface area contributed by atoms with Crippen LogP contribution >= 0.6 is 11.3 Å². The molecule has 2 heterocycles. The predicted octanol–water partition coefficient (Wildman–Crippen LogP) is 4.79. The van der Waals surface area contributed by atoms with Crippen molar-refractivity contribution >= 4 is 28.8 Å². The van der Waals surface area contributed by atoms with Crippen LogP contribution in [0.4, 0.5) is 18.9 Å². The quantitative estimate of drug-likeness (QED) is 0.489. The van der Waals surface area contributed by atoms with E-state index in [9.17, 15) is 18.0 Å². The van der Waals surface area contributed by atoms with Gasteiger partial charge in [-0.2, -0.15) is 0 Å². The summed E-state index contributed by atoms with van der Waals surface area (Å²) in [6, 6.07) is 8.83. The van der Waals surface area contributed by atoms with Crippen molar-refractivity contribution in [1.29, 1.82) is 5.41 Å². The van der Waals surface area contributed by atoms with E-state index in [1.165, 1.54) is 46.7 Å². The van der Waals surface area contributed by atoms with Gasteiger partial charge in [0.1, 0.15) is 11.6 Å². The monoisotopic (exact) mass is 452 g/mol. The molecule has 1 fully saturated rings. The number of nitrogens with zero attached hydrogens (tertiary/aromatic N) is 2. The number of alkyl halides is 3. The van der Waals surface area contributed by atoms with Crippen LogP contribution in [0.15, 0.2) is 54.1 Å². The minimum Gasteiger partial charge on any atom is -0.406 e. The summed E-state index contributed by atoms with van der Waals surface area (Å²) in [6.45, 7) is 1.67. The van der Waals surface area contributed by atoms with E-state index in [0.717, 1.165) is 25.9 Å². The van der Waals surface area contributed by atoms with Gasteiger partial charge in [-0.3, -0.25) is 15.1 Å². The number of amides is 1. The molecule has 3 rings (SSSR count). The number of ether oxygens (including phenoxy) is 1. The molecule has 2 N–H and O–H groups in total. The Bertz CT molecular complexity index is 923. The van der Waals surface area contributed by atoms with Crippen LogP contribution in [0, 0.1) is 5.41 Å². The van der Waals surface area contributed by atoms with Crippen LogP contribution < -0.4 is 10.1 Å². The first-order valence-corrected chi connectivity index (χ1v) is 10.5. The number of nitrogens with one attached hydrogen (secondary N) is 2. The van der Waals surface area contributed by atoms with E-state index in [-0.39, 0.29) is 23.5 Å². The van der Waals surface area contributed by atoms with Gasteiger partial charge in [-0.05, 0) is 62.6 Å². The van der Waals surface area contributed by atoms with Gasteiger partial charge in [0.05, 0.1) is 4.88 Å². The topological polar surface area (TPSA) is 68.7 Å². The third-order valence-electron chi connectivity index (χ3n) is 4.82. The summed E-state index contributed by atoms with van der Waals surface area (Å²) < 4.78 is 41.1. The zero-order valence-electron chi connectivity index (χ0n) is 16.9. The van der Waals surface area contributed by atoms with Crippen LogP contribution in [-0.4, -0.2) is 54.1 Å². The van der Waals surface area contributed by atoms with Crippen molar-refractivity contribution in [3.63, 3.8) is 0 Å². The Kier molecular flexibility index (Phi) is 7.34. The Balaban J connectivity index is 1.70. The van der Waals surface area contributed by atoms with Crippen molar-refractivity contribution in [1.82, 2.24) is 9.80 Å². The Morgan fingerprint density at radius 2 is 2.03 bits per heavy atom. The summed E-state index contributed by atoms with van der Waals surface area (Å²) in [5.41, 5.74) is 0.362. The SMILES string of the molecule is CN1CCC(N(C(=N)/C=C\Nc2cccc(OC(F)(F)F)c2)C(=O)c2cccs2)CC1. The molecule has 0 unspecified atom stereocenters. The van der Waals surface area contributed by atoms with Crippen LogP contribution in [0.3, 0.4) is 0 Å². The summed E-state index contributed by atoms with van der Waals surface area (Å²) in [5, 5.41) is 13.1. The van der Waals surface area contributed by atoms with Crippen LogP contribution in [0.25, 0.3) is 0 Å². The molecule has 0 bridgehead atoms. The van der Waals surface area contributed by atoms with Gasteiger partial charge in [0.2, 0.25) is 0 Å². The first-order valence-electron chi connectivity index (χ1n) is 9.66. The molecule has 2 aromatic rings. The highest BCUT2D eigenvalue weighted by Crippen LogP contribution is 2.25. The van der Waals surface area contributed by atoms with Gasteiger partial charge in [-0.15, -0.1) is 24.5 Å². The van der Waals surface area contributed by atoms with Gasteiger partial charge in [-0.25, -0.2) is 0 Å². The normalized spacial score (nSPS) is 15.7. The number of anilines is 1. The molecule has 0 saturated carbocycles. The molecular formula is C21H23F3N4O2S. The molecule has 1 aromatic heterocycles. The third-order valence-corrected chi connectivity index (χ3v) is 5.68. The molecule has 0 aliphatic carbocycles. The molecule has 31 heavy (non-hydrogen) atoms. The van der Waals surface area contributed by atoms with Crippen LogP contribution in [0.5, 0.6) is 5.75 Å². The average molecular weight is 453 g/mol. The number of carbonyl (C=O) groups is 1. The average Bonchev–Trinajstić information content (AvgIpc) is 3.23. The van der Waals surface area contributed by atoms with Crippen molar-refractivity contribution in [3.8, 4) is 5.75 Å². The number of hydrogen-bond acceptors (Lipinski definition) is 6. The van der Waals surface area contributed by atoms with E-state index in [0.29, 0.717) is 10.6 Å². The largest absolute Gasteiger partial charge is 0.573 e. The lowest BCUT2D eigenvalue weighted by Crippen LogP contribution is -2.48. The van der Waals surface area contributed by atoms with Crippen molar-refractivity contribution in [2.24, 2.45) is 0 Å². The van der Waals surface area contributed by atoms with Crippen LogP contribution in [0.1, 0.15) is 22.5 Å². The lowest BCUT2D eigenvalue weighted by molar-refractivity contribution is -0.274. The molecule has 1 aromatic carbocycles. The molecule has 1 aliphatic rings. The first kappa shape index (κ1) is 22.8. The maximum atomic E-state index is 13.0. The summed E-state index contributed by atoms with van der Waals surface area (Å²) >= 11 is 1.32. The molecule has 10 heteroatoms. The number of amidine groups is 1. The summed E-state index contributed by atoms with van der Waals surface area (Å²) in [7, 11) is 2.02. The molecule has 0 spiro atoms. The fraction of sp³-hybridized carbons (Fsp3) is 0.333. The van der Waals surface area contributed by atoms with E-state index < -0.39 is 6.36 Å². The number of likely N-dealkylation sites (tertiary alicyclic amines) is 1. The first-order chi connectivity index (χ1) is 14.7. The minimum absolute atomic E-state index is 0.0168. The van der Waals surface area contributed by atoms with E-state index in [4.69, 9.17) is 5.41 Å². The molecule has 0 radical (unpaired) electrons. The second kappa shape index (κ2) is 9.97. The highest BCUT2D eigenvalue weighted by Gasteiger charge is 2.31. The standard InChI is InChI=1S/C21H23F3N4O2S/c1-27-11-8-16(9-12-27)28(20(29)18-6-3-13-31-18)19(25)7-10-26-15-4-2-5-17(14-15)30-21(22,23)24/h2-7,10,13-14,16,25-26H,8-9,11-12H2,1H3/b10-7-,25-19?. The van der Waals surface area contributed by atoms with E-state index in [1.807, 2.05) is 12.4 Å². The van der Waals surface area contributed by atoms with Crippen molar-refractivity contribution in [3.05, 3.63) is 58.9 Å². The molecular weight excluding hydrogens is 429 g/mol. The lowest BCUT2D eigenvalue weighted by Gasteiger charge is -2.36. The van der Waals surface area contributed by atoms with Gasteiger partial charge in [0, 0.05) is 24.0 Å². The number of rotatable bonds is 6. The highest BCUT2D eigenvalue weighted by atomic mass is 32.1. The Labute approximate surface area is 182 Å². The number of carbonyl (C=O) groups excluding carboxylic acids is 1. The van der Waals surface area contributed by atoms with Gasteiger partial charge in [0.15, 0.2) is 0 Å². The maximum Gasteiger partial charge on any atom is 0.573 e. The van der Waals surface area contributed by atoms with Gasteiger partial charge >= 0.3 is 6.36 Å². The van der Waals surface area contributed by atoms with E-state index in [2.05, 4.69) is 15.0 Å². The number of hydrogen-bond donors (Lipinski definition) is 2.